The molecule has 1 amide bonds. The highest BCUT2D eigenvalue weighted by Gasteiger charge is 2.29. The Morgan fingerprint density at radius 3 is 2.41 bits per heavy atom. The third kappa shape index (κ3) is 5.39. The normalized spacial score (nSPS) is 16.7. The monoisotopic (exact) mass is 462 g/mol. The lowest BCUT2D eigenvalue weighted by Gasteiger charge is -2.26. The van der Waals surface area contributed by atoms with E-state index in [0.717, 1.165) is 36.4 Å². The first-order valence-electron chi connectivity index (χ1n) is 10.9. The number of nitrogens with one attached hydrogen (secondary N) is 1. The molecule has 4 rings (SSSR count). The molecule has 0 aromatic heterocycles. The number of rotatable bonds is 7. The molecule has 7 nitrogen and oxygen atoms in total. The molecule has 0 bridgehead atoms. The highest BCUT2D eigenvalue weighted by molar-refractivity contribution is 7.89. The van der Waals surface area contributed by atoms with Crippen LogP contribution in [0.5, 0.6) is 11.5 Å². The Kier molecular flexibility index (Phi) is 6.95. The van der Waals surface area contributed by atoms with Crippen molar-refractivity contribution in [1.82, 2.24) is 9.62 Å². The maximum absolute atomic E-state index is 13.5. The van der Waals surface area contributed by atoms with Crippen LogP contribution in [0.15, 0.2) is 47.4 Å². The zero-order chi connectivity index (χ0) is 22.6. The number of fused-ring (bicyclic) bond motifs is 1. The first kappa shape index (κ1) is 22.5. The van der Waals surface area contributed by atoms with Crippen LogP contribution in [0.1, 0.15) is 37.7 Å². The predicted octanol–water partition coefficient (Wildman–Crippen LogP) is 3.24. The fourth-order valence-corrected chi connectivity index (χ4v) is 5.43. The van der Waals surface area contributed by atoms with Crippen molar-refractivity contribution in [2.75, 3.05) is 19.8 Å². The van der Waals surface area contributed by atoms with Crippen LogP contribution in [0.3, 0.4) is 0 Å². The molecule has 0 atom stereocenters. The van der Waals surface area contributed by atoms with Crippen LogP contribution in [-0.4, -0.2) is 44.4 Å². The molecular formula is C23H27FN2O5S. The largest absolute Gasteiger partial charge is 0.486 e. The standard InChI is InChI=1S/C23H27FN2O5S/c24-18-8-6-17(7-9-18)15-26(16-23(27)25-19-4-2-1-3-5-19)32(28,29)20-10-11-21-22(14-20)31-13-12-30-21/h6-11,14,19H,1-5,12-13,15-16H2,(H,25,27). The molecule has 172 valence electrons. The van der Waals surface area contributed by atoms with Crippen molar-refractivity contribution in [3.8, 4) is 11.5 Å². The van der Waals surface area contributed by atoms with E-state index in [1.807, 2.05) is 0 Å². The summed E-state index contributed by atoms with van der Waals surface area (Å²) in [6.45, 7) is 0.344. The van der Waals surface area contributed by atoms with Gasteiger partial charge in [-0.1, -0.05) is 31.4 Å². The molecule has 1 N–H and O–H groups in total. The number of nitrogens with zero attached hydrogens (tertiary/aromatic N) is 1. The third-order valence-corrected chi connectivity index (χ3v) is 7.50. The molecule has 0 saturated heterocycles. The van der Waals surface area contributed by atoms with Gasteiger partial charge in [0.1, 0.15) is 19.0 Å². The summed E-state index contributed by atoms with van der Waals surface area (Å²) in [6.07, 6.45) is 5.07. The molecule has 1 saturated carbocycles. The molecule has 0 radical (unpaired) electrons. The van der Waals surface area contributed by atoms with Gasteiger partial charge in [0, 0.05) is 18.7 Å². The molecule has 0 unspecified atom stereocenters. The van der Waals surface area contributed by atoms with E-state index in [2.05, 4.69) is 5.32 Å². The van der Waals surface area contributed by atoms with Crippen molar-refractivity contribution in [3.63, 3.8) is 0 Å². The summed E-state index contributed by atoms with van der Waals surface area (Å²) >= 11 is 0. The number of hydrogen-bond acceptors (Lipinski definition) is 5. The van der Waals surface area contributed by atoms with E-state index in [1.165, 1.54) is 36.4 Å². The molecule has 1 heterocycles. The predicted molar refractivity (Wildman–Crippen MR) is 116 cm³/mol. The Morgan fingerprint density at radius 2 is 1.69 bits per heavy atom. The number of hydrogen-bond donors (Lipinski definition) is 1. The van der Waals surface area contributed by atoms with Crippen LogP contribution in [-0.2, 0) is 21.4 Å². The van der Waals surface area contributed by atoms with Gasteiger partial charge in [0.25, 0.3) is 0 Å². The summed E-state index contributed by atoms with van der Waals surface area (Å²) in [6, 6.07) is 10.1. The number of carbonyl (C=O) groups is 1. The summed E-state index contributed by atoms with van der Waals surface area (Å²) in [5.74, 6) is 0.0752. The van der Waals surface area contributed by atoms with E-state index < -0.39 is 15.8 Å². The maximum atomic E-state index is 13.5. The zero-order valence-electron chi connectivity index (χ0n) is 17.8. The second-order valence-electron chi connectivity index (χ2n) is 8.11. The van der Waals surface area contributed by atoms with E-state index in [1.54, 1.807) is 6.07 Å². The summed E-state index contributed by atoms with van der Waals surface area (Å²) < 4.78 is 52.4. The van der Waals surface area contributed by atoms with E-state index in [4.69, 9.17) is 9.47 Å². The van der Waals surface area contributed by atoms with Gasteiger partial charge in [-0.05, 0) is 42.7 Å². The molecule has 0 spiro atoms. The molecule has 1 aliphatic carbocycles. The highest BCUT2D eigenvalue weighted by atomic mass is 32.2. The van der Waals surface area contributed by atoms with E-state index in [9.17, 15) is 17.6 Å². The Morgan fingerprint density at radius 1 is 1.00 bits per heavy atom. The molecule has 2 aromatic carbocycles. The number of ether oxygens (including phenoxy) is 2. The summed E-state index contributed by atoms with van der Waals surface area (Å²) in [5, 5.41) is 2.97. The maximum Gasteiger partial charge on any atom is 0.243 e. The van der Waals surface area contributed by atoms with E-state index in [0.29, 0.717) is 30.3 Å². The first-order chi connectivity index (χ1) is 15.4. The van der Waals surface area contributed by atoms with Crippen LogP contribution < -0.4 is 14.8 Å². The van der Waals surface area contributed by atoms with Crippen LogP contribution >= 0.6 is 0 Å². The van der Waals surface area contributed by atoms with Gasteiger partial charge < -0.3 is 14.8 Å². The minimum atomic E-state index is -4.04. The fraction of sp³-hybridized carbons (Fsp3) is 0.435. The minimum absolute atomic E-state index is 0.00864. The van der Waals surface area contributed by atoms with Gasteiger partial charge in [-0.15, -0.1) is 0 Å². The van der Waals surface area contributed by atoms with Crippen LogP contribution in [0.25, 0.3) is 0 Å². The number of sulfonamides is 1. The number of amides is 1. The first-order valence-corrected chi connectivity index (χ1v) is 12.3. The lowest BCUT2D eigenvalue weighted by Crippen LogP contribution is -2.44. The van der Waals surface area contributed by atoms with Gasteiger partial charge in [-0.2, -0.15) is 4.31 Å². The SMILES string of the molecule is O=C(CN(Cc1ccc(F)cc1)S(=O)(=O)c1ccc2c(c1)OCCO2)NC1CCCCC1. The minimum Gasteiger partial charge on any atom is -0.486 e. The average molecular weight is 463 g/mol. The smallest absolute Gasteiger partial charge is 0.243 e. The Balaban J connectivity index is 1.58. The second kappa shape index (κ2) is 9.87. The van der Waals surface area contributed by atoms with Crippen LogP contribution in [0.2, 0.25) is 0 Å². The lowest BCUT2D eigenvalue weighted by atomic mass is 9.95. The summed E-state index contributed by atoms with van der Waals surface area (Å²) in [5.41, 5.74) is 0.581. The van der Waals surface area contributed by atoms with Crippen molar-refractivity contribution in [2.24, 2.45) is 0 Å². The number of carbonyl (C=O) groups excluding carboxylic acids is 1. The Labute approximate surface area is 187 Å². The molecule has 1 fully saturated rings. The quantitative estimate of drug-likeness (QED) is 0.683. The fourth-order valence-electron chi connectivity index (χ4n) is 4.03. The number of benzene rings is 2. The molecular weight excluding hydrogens is 435 g/mol. The Bertz CT molecular complexity index is 1050. The summed E-state index contributed by atoms with van der Waals surface area (Å²) in [7, 11) is -4.04. The van der Waals surface area contributed by atoms with Gasteiger partial charge in [0.15, 0.2) is 11.5 Å². The molecule has 9 heteroatoms. The van der Waals surface area contributed by atoms with Crippen molar-refractivity contribution in [3.05, 3.63) is 53.8 Å². The Hall–Kier alpha value is -2.65. The van der Waals surface area contributed by atoms with Crippen molar-refractivity contribution >= 4 is 15.9 Å². The van der Waals surface area contributed by atoms with Gasteiger partial charge in [-0.25, -0.2) is 12.8 Å². The van der Waals surface area contributed by atoms with E-state index >= 15 is 0 Å². The van der Waals surface area contributed by atoms with Crippen LogP contribution in [0.4, 0.5) is 4.39 Å². The van der Waals surface area contributed by atoms with Crippen molar-refractivity contribution in [2.45, 2.75) is 49.6 Å². The van der Waals surface area contributed by atoms with Crippen molar-refractivity contribution < 1.29 is 27.1 Å². The van der Waals surface area contributed by atoms with Gasteiger partial charge in [0.2, 0.25) is 15.9 Å². The highest BCUT2D eigenvalue weighted by Crippen LogP contribution is 2.33. The van der Waals surface area contributed by atoms with Gasteiger partial charge >= 0.3 is 0 Å². The zero-order valence-corrected chi connectivity index (χ0v) is 18.6. The average Bonchev–Trinajstić information content (AvgIpc) is 2.80. The molecule has 2 aromatic rings. The topological polar surface area (TPSA) is 84.9 Å². The van der Waals surface area contributed by atoms with Gasteiger partial charge in [-0.3, -0.25) is 4.79 Å². The number of halogens is 1. The van der Waals surface area contributed by atoms with E-state index in [-0.39, 0.29) is 29.9 Å². The van der Waals surface area contributed by atoms with Crippen molar-refractivity contribution in [1.29, 1.82) is 0 Å². The molecule has 2 aliphatic rings. The molecule has 32 heavy (non-hydrogen) atoms. The van der Waals surface area contributed by atoms with Crippen LogP contribution in [0, 0.1) is 5.82 Å². The van der Waals surface area contributed by atoms with Gasteiger partial charge in [0.05, 0.1) is 11.4 Å². The second-order valence-corrected chi connectivity index (χ2v) is 10.0. The third-order valence-electron chi connectivity index (χ3n) is 5.71. The lowest BCUT2D eigenvalue weighted by molar-refractivity contribution is -0.122. The molecule has 1 aliphatic heterocycles. The summed E-state index contributed by atoms with van der Waals surface area (Å²) in [4.78, 5) is 12.8.